The summed E-state index contributed by atoms with van der Waals surface area (Å²) >= 11 is 0. The molecular formula is C11H17N3O2. The van der Waals surface area contributed by atoms with Crippen LogP contribution in [0.25, 0.3) is 0 Å². The van der Waals surface area contributed by atoms with E-state index in [1.54, 1.807) is 13.1 Å². The summed E-state index contributed by atoms with van der Waals surface area (Å²) in [6.07, 6.45) is 1.16. The van der Waals surface area contributed by atoms with Gasteiger partial charge in [0, 0.05) is 21.2 Å². The van der Waals surface area contributed by atoms with E-state index in [1.165, 1.54) is 7.11 Å². The molecule has 1 N–H and O–H groups in total. The molecular weight excluding hydrogens is 206 g/mol. The molecule has 0 aliphatic carbocycles. The Hall–Kier alpha value is -1.62. The Bertz CT molecular complexity index is 349. The van der Waals surface area contributed by atoms with Crippen LogP contribution < -0.4 is 10.2 Å². The number of anilines is 2. The third kappa shape index (κ3) is 3.20. The highest BCUT2D eigenvalue weighted by molar-refractivity contribution is 5.93. The summed E-state index contributed by atoms with van der Waals surface area (Å²) in [7, 11) is 5.32. The third-order valence-electron chi connectivity index (χ3n) is 2.20. The maximum atomic E-state index is 11.5. The first kappa shape index (κ1) is 12.4. The standard InChI is InChI=1S/C11H17N3O2/c1-8(16-4)11(15)13-9-5-6-10(12-7-9)14(2)3/h5-8H,1-4H3,(H,13,15). The molecule has 0 aromatic carbocycles. The number of nitrogens with one attached hydrogen (secondary N) is 1. The third-order valence-corrected chi connectivity index (χ3v) is 2.20. The zero-order chi connectivity index (χ0) is 12.1. The van der Waals surface area contributed by atoms with Crippen molar-refractivity contribution in [3.63, 3.8) is 0 Å². The van der Waals surface area contributed by atoms with Crippen LogP contribution in [0.15, 0.2) is 18.3 Å². The summed E-state index contributed by atoms with van der Waals surface area (Å²) in [5, 5.41) is 2.71. The van der Waals surface area contributed by atoms with Gasteiger partial charge in [-0.05, 0) is 19.1 Å². The molecule has 1 amide bonds. The number of carbonyl (C=O) groups is 1. The van der Waals surface area contributed by atoms with Crippen molar-refractivity contribution < 1.29 is 9.53 Å². The van der Waals surface area contributed by atoms with E-state index in [1.807, 2.05) is 31.1 Å². The molecule has 0 bridgehead atoms. The van der Waals surface area contributed by atoms with Crippen LogP contribution in [0.4, 0.5) is 11.5 Å². The summed E-state index contributed by atoms with van der Waals surface area (Å²) in [6.45, 7) is 1.69. The molecule has 0 radical (unpaired) electrons. The molecule has 0 spiro atoms. The Labute approximate surface area is 95.4 Å². The lowest BCUT2D eigenvalue weighted by atomic mass is 10.3. The first-order valence-corrected chi connectivity index (χ1v) is 5.01. The van der Waals surface area contributed by atoms with Crippen molar-refractivity contribution in [1.82, 2.24) is 4.98 Å². The average Bonchev–Trinajstić information content (AvgIpc) is 2.28. The van der Waals surface area contributed by atoms with E-state index in [4.69, 9.17) is 4.74 Å². The molecule has 0 fully saturated rings. The fraction of sp³-hybridized carbons (Fsp3) is 0.455. The largest absolute Gasteiger partial charge is 0.372 e. The van der Waals surface area contributed by atoms with E-state index in [9.17, 15) is 4.79 Å². The number of pyridine rings is 1. The van der Waals surface area contributed by atoms with Gasteiger partial charge in [-0.3, -0.25) is 4.79 Å². The highest BCUT2D eigenvalue weighted by Crippen LogP contribution is 2.11. The van der Waals surface area contributed by atoms with Crippen LogP contribution in [-0.2, 0) is 9.53 Å². The minimum atomic E-state index is -0.464. The van der Waals surface area contributed by atoms with E-state index >= 15 is 0 Å². The van der Waals surface area contributed by atoms with Gasteiger partial charge in [0.1, 0.15) is 11.9 Å². The highest BCUT2D eigenvalue weighted by Gasteiger charge is 2.11. The topological polar surface area (TPSA) is 54.5 Å². The van der Waals surface area contributed by atoms with Crippen molar-refractivity contribution in [3.05, 3.63) is 18.3 Å². The number of ether oxygens (including phenoxy) is 1. The van der Waals surface area contributed by atoms with Crippen LogP contribution in [-0.4, -0.2) is 38.2 Å². The Morgan fingerprint density at radius 1 is 1.50 bits per heavy atom. The lowest BCUT2D eigenvalue weighted by Crippen LogP contribution is -2.26. The molecule has 1 atom stereocenters. The van der Waals surface area contributed by atoms with Gasteiger partial charge in [0.25, 0.3) is 5.91 Å². The molecule has 0 saturated carbocycles. The molecule has 1 unspecified atom stereocenters. The van der Waals surface area contributed by atoms with Gasteiger partial charge < -0.3 is 15.0 Å². The van der Waals surface area contributed by atoms with Crippen molar-refractivity contribution in [3.8, 4) is 0 Å². The Balaban J connectivity index is 2.65. The predicted octanol–water partition coefficient (Wildman–Crippen LogP) is 1.12. The van der Waals surface area contributed by atoms with Gasteiger partial charge >= 0.3 is 0 Å². The lowest BCUT2D eigenvalue weighted by Gasteiger charge is -2.13. The van der Waals surface area contributed by atoms with Crippen LogP contribution in [0.5, 0.6) is 0 Å². The van der Waals surface area contributed by atoms with Crippen molar-refractivity contribution in [2.45, 2.75) is 13.0 Å². The molecule has 0 saturated heterocycles. The van der Waals surface area contributed by atoms with Crippen molar-refractivity contribution in [1.29, 1.82) is 0 Å². The van der Waals surface area contributed by atoms with E-state index in [0.29, 0.717) is 5.69 Å². The van der Waals surface area contributed by atoms with Gasteiger partial charge in [-0.25, -0.2) is 4.98 Å². The fourth-order valence-electron chi connectivity index (χ4n) is 1.08. The number of rotatable bonds is 4. The average molecular weight is 223 g/mol. The van der Waals surface area contributed by atoms with E-state index in [0.717, 1.165) is 5.82 Å². The number of hydrogen-bond acceptors (Lipinski definition) is 4. The second kappa shape index (κ2) is 5.46. The first-order chi connectivity index (χ1) is 7.54. The van der Waals surface area contributed by atoms with Crippen molar-refractivity contribution in [2.24, 2.45) is 0 Å². The molecule has 1 aromatic heterocycles. The van der Waals surface area contributed by atoms with E-state index in [2.05, 4.69) is 10.3 Å². The maximum Gasteiger partial charge on any atom is 0.253 e. The second-order valence-corrected chi connectivity index (χ2v) is 3.67. The summed E-state index contributed by atoms with van der Waals surface area (Å²) in [5.41, 5.74) is 0.666. The molecule has 0 aliphatic heterocycles. The number of aromatic nitrogens is 1. The maximum absolute atomic E-state index is 11.5. The van der Waals surface area contributed by atoms with Gasteiger partial charge in [-0.15, -0.1) is 0 Å². The highest BCUT2D eigenvalue weighted by atomic mass is 16.5. The minimum absolute atomic E-state index is 0.179. The van der Waals surface area contributed by atoms with Gasteiger partial charge in [-0.2, -0.15) is 0 Å². The molecule has 16 heavy (non-hydrogen) atoms. The van der Waals surface area contributed by atoms with Gasteiger partial charge in [0.05, 0.1) is 11.9 Å². The Kier molecular flexibility index (Phi) is 4.25. The van der Waals surface area contributed by atoms with Crippen LogP contribution in [0.1, 0.15) is 6.92 Å². The molecule has 88 valence electrons. The van der Waals surface area contributed by atoms with Crippen LogP contribution in [0.2, 0.25) is 0 Å². The Morgan fingerprint density at radius 2 is 2.19 bits per heavy atom. The molecule has 1 rings (SSSR count). The zero-order valence-corrected chi connectivity index (χ0v) is 10.0. The molecule has 5 nitrogen and oxygen atoms in total. The van der Waals surface area contributed by atoms with Gasteiger partial charge in [0.15, 0.2) is 0 Å². The predicted molar refractivity (Wildman–Crippen MR) is 63.7 cm³/mol. The van der Waals surface area contributed by atoms with Gasteiger partial charge in [0.2, 0.25) is 0 Å². The summed E-state index contributed by atoms with van der Waals surface area (Å²) in [6, 6.07) is 3.65. The molecule has 5 heteroatoms. The number of amides is 1. The van der Waals surface area contributed by atoms with Crippen LogP contribution >= 0.6 is 0 Å². The Morgan fingerprint density at radius 3 is 2.62 bits per heavy atom. The van der Waals surface area contributed by atoms with E-state index < -0.39 is 6.10 Å². The van der Waals surface area contributed by atoms with Crippen LogP contribution in [0.3, 0.4) is 0 Å². The quantitative estimate of drug-likeness (QED) is 0.831. The zero-order valence-electron chi connectivity index (χ0n) is 10.0. The smallest absolute Gasteiger partial charge is 0.253 e. The normalized spacial score (nSPS) is 12.0. The number of nitrogens with zero attached hydrogens (tertiary/aromatic N) is 2. The fourth-order valence-corrected chi connectivity index (χ4v) is 1.08. The minimum Gasteiger partial charge on any atom is -0.372 e. The summed E-state index contributed by atoms with van der Waals surface area (Å²) in [4.78, 5) is 17.6. The van der Waals surface area contributed by atoms with Crippen molar-refractivity contribution >= 4 is 17.4 Å². The summed E-state index contributed by atoms with van der Waals surface area (Å²) in [5.74, 6) is 0.666. The van der Waals surface area contributed by atoms with Gasteiger partial charge in [-0.1, -0.05) is 0 Å². The second-order valence-electron chi connectivity index (χ2n) is 3.67. The molecule has 1 aromatic rings. The number of hydrogen-bond donors (Lipinski definition) is 1. The lowest BCUT2D eigenvalue weighted by molar-refractivity contribution is -0.124. The first-order valence-electron chi connectivity index (χ1n) is 5.01. The number of methoxy groups -OCH3 is 1. The van der Waals surface area contributed by atoms with Crippen LogP contribution in [0, 0.1) is 0 Å². The molecule has 1 heterocycles. The SMILES string of the molecule is COC(C)C(=O)Nc1ccc(N(C)C)nc1. The van der Waals surface area contributed by atoms with Crippen molar-refractivity contribution in [2.75, 3.05) is 31.4 Å². The summed E-state index contributed by atoms with van der Waals surface area (Å²) < 4.78 is 4.91. The monoisotopic (exact) mass is 223 g/mol. The molecule has 0 aliphatic rings. The van der Waals surface area contributed by atoms with E-state index in [-0.39, 0.29) is 5.91 Å². The number of carbonyl (C=O) groups excluding carboxylic acids is 1.